The van der Waals surface area contributed by atoms with Gasteiger partial charge in [-0.3, -0.25) is 4.79 Å². The summed E-state index contributed by atoms with van der Waals surface area (Å²) < 4.78 is 0. The fourth-order valence-electron chi connectivity index (χ4n) is 2.62. The van der Waals surface area contributed by atoms with Crippen LogP contribution in [0.25, 0.3) is 0 Å². The number of allylic oxidation sites excluding steroid dienone is 8. The van der Waals surface area contributed by atoms with Crippen LogP contribution in [0.3, 0.4) is 0 Å². The van der Waals surface area contributed by atoms with E-state index in [-0.39, 0.29) is 5.91 Å². The van der Waals surface area contributed by atoms with Crippen molar-refractivity contribution in [3.05, 3.63) is 48.1 Å². The van der Waals surface area contributed by atoms with Gasteiger partial charge in [0.2, 0.25) is 5.91 Å². The van der Waals surface area contributed by atoms with Gasteiger partial charge in [-0.15, -0.1) is 0 Å². The molecule has 0 bridgehead atoms. The second-order valence-corrected chi connectivity index (χ2v) is 5.97. The van der Waals surface area contributed by atoms with Crippen molar-refractivity contribution >= 4 is 5.91 Å². The summed E-state index contributed by atoms with van der Waals surface area (Å²) in [5.41, 5.74) is 6.63. The van der Waals surface area contributed by atoms with E-state index in [2.05, 4.69) is 49.5 Å². The van der Waals surface area contributed by atoms with Gasteiger partial charge < -0.3 is 5.73 Å². The molecule has 1 rings (SSSR count). The Bertz CT molecular complexity index is 429. The first-order valence-electron chi connectivity index (χ1n) is 8.69. The average molecular weight is 301 g/mol. The quantitative estimate of drug-likeness (QED) is 0.412. The number of carbonyl (C=O) groups is 1. The minimum absolute atomic E-state index is 0.205. The highest BCUT2D eigenvalue weighted by molar-refractivity contribution is 5.73. The zero-order valence-electron chi connectivity index (χ0n) is 14.0. The Morgan fingerprint density at radius 1 is 1.23 bits per heavy atom. The molecule has 1 atom stereocenters. The average Bonchev–Trinajstić information content (AvgIpc) is 2.93. The number of rotatable bonds is 11. The summed E-state index contributed by atoms with van der Waals surface area (Å²) in [4.78, 5) is 10.6. The summed E-state index contributed by atoms with van der Waals surface area (Å²) in [6.45, 7) is 2.24. The lowest BCUT2D eigenvalue weighted by Crippen LogP contribution is -2.09. The lowest BCUT2D eigenvalue weighted by Gasteiger charge is -2.07. The molecule has 0 saturated heterocycles. The molecule has 0 unspecified atom stereocenters. The molecule has 0 aliphatic heterocycles. The Labute approximate surface area is 135 Å². The minimum atomic E-state index is -0.205. The predicted octanol–water partition coefficient (Wildman–Crippen LogP) is 5.23. The third kappa shape index (κ3) is 8.66. The van der Waals surface area contributed by atoms with Gasteiger partial charge in [-0.1, -0.05) is 67.9 Å². The number of carbonyl (C=O) groups excluding carboxylic acids is 1. The number of hydrogen-bond donors (Lipinski definition) is 1. The molecule has 2 nitrogen and oxygen atoms in total. The first kappa shape index (κ1) is 18.5. The molecule has 2 heteroatoms. The molecule has 2 N–H and O–H groups in total. The summed E-state index contributed by atoms with van der Waals surface area (Å²) in [7, 11) is 0. The molecular formula is C20H31NO. The molecule has 0 saturated carbocycles. The van der Waals surface area contributed by atoms with Crippen molar-refractivity contribution in [1.82, 2.24) is 0 Å². The van der Waals surface area contributed by atoms with Crippen molar-refractivity contribution in [3.8, 4) is 0 Å². The van der Waals surface area contributed by atoms with Gasteiger partial charge in [0.05, 0.1) is 0 Å². The SMILES string of the molecule is CCCCCC=CC=C1CC=C[C@@H]1CC=CCCCC(N)=O. The number of amides is 1. The van der Waals surface area contributed by atoms with Crippen LogP contribution in [0.15, 0.2) is 48.1 Å². The molecule has 0 fully saturated rings. The van der Waals surface area contributed by atoms with Crippen LogP contribution in [0, 0.1) is 5.92 Å². The van der Waals surface area contributed by atoms with Crippen LogP contribution in [0.1, 0.15) is 64.7 Å². The molecule has 1 aliphatic carbocycles. The Morgan fingerprint density at radius 3 is 2.82 bits per heavy atom. The zero-order valence-corrected chi connectivity index (χ0v) is 14.0. The molecular weight excluding hydrogens is 270 g/mol. The second-order valence-electron chi connectivity index (χ2n) is 5.97. The van der Waals surface area contributed by atoms with Crippen LogP contribution in [0.2, 0.25) is 0 Å². The van der Waals surface area contributed by atoms with E-state index in [4.69, 9.17) is 5.73 Å². The fourth-order valence-corrected chi connectivity index (χ4v) is 2.62. The molecule has 22 heavy (non-hydrogen) atoms. The number of primary amides is 1. The highest BCUT2D eigenvalue weighted by Crippen LogP contribution is 2.27. The predicted molar refractivity (Wildman–Crippen MR) is 95.4 cm³/mol. The molecule has 0 aromatic rings. The van der Waals surface area contributed by atoms with E-state index in [9.17, 15) is 4.79 Å². The van der Waals surface area contributed by atoms with Crippen LogP contribution in [0.5, 0.6) is 0 Å². The Morgan fingerprint density at radius 2 is 2.05 bits per heavy atom. The minimum Gasteiger partial charge on any atom is -0.370 e. The summed E-state index contributed by atoms with van der Waals surface area (Å²) in [6, 6.07) is 0. The number of nitrogens with two attached hydrogens (primary N) is 1. The van der Waals surface area contributed by atoms with Gasteiger partial charge in [0, 0.05) is 12.3 Å². The van der Waals surface area contributed by atoms with E-state index >= 15 is 0 Å². The normalized spacial score (nSPS) is 19.9. The zero-order chi connectivity index (χ0) is 16.0. The topological polar surface area (TPSA) is 43.1 Å². The Kier molecular flexibility index (Phi) is 10.1. The van der Waals surface area contributed by atoms with Crippen molar-refractivity contribution in [2.45, 2.75) is 64.7 Å². The van der Waals surface area contributed by atoms with Crippen molar-refractivity contribution in [2.75, 3.05) is 0 Å². The van der Waals surface area contributed by atoms with Crippen molar-refractivity contribution in [2.24, 2.45) is 11.7 Å². The highest BCUT2D eigenvalue weighted by Gasteiger charge is 2.12. The van der Waals surface area contributed by atoms with E-state index < -0.39 is 0 Å². The summed E-state index contributed by atoms with van der Waals surface area (Å²) in [6.07, 6.45) is 25.3. The van der Waals surface area contributed by atoms with Crippen LogP contribution >= 0.6 is 0 Å². The maximum atomic E-state index is 10.6. The van der Waals surface area contributed by atoms with Crippen LogP contribution < -0.4 is 5.73 Å². The van der Waals surface area contributed by atoms with Gasteiger partial charge >= 0.3 is 0 Å². The Balaban J connectivity index is 2.25. The first-order chi connectivity index (χ1) is 10.7. The standard InChI is InChI=1S/C20H31NO/c1-2-3-4-5-6-9-13-18-15-12-16-19(18)14-10-7-8-11-17-20(21)22/h6-7,9-10,12-13,16,19H,2-5,8,11,14-15,17H2,1H3,(H2,21,22)/t19-/m0/s1. The monoisotopic (exact) mass is 301 g/mol. The fraction of sp³-hybridized carbons (Fsp3) is 0.550. The summed E-state index contributed by atoms with van der Waals surface area (Å²) in [5, 5.41) is 0. The van der Waals surface area contributed by atoms with E-state index in [0.29, 0.717) is 12.3 Å². The van der Waals surface area contributed by atoms with Crippen molar-refractivity contribution in [3.63, 3.8) is 0 Å². The van der Waals surface area contributed by atoms with E-state index in [1.54, 1.807) is 0 Å². The van der Waals surface area contributed by atoms with E-state index in [1.165, 1.54) is 31.3 Å². The third-order valence-corrected chi connectivity index (χ3v) is 3.97. The molecule has 0 radical (unpaired) electrons. The third-order valence-electron chi connectivity index (χ3n) is 3.97. The Hall–Kier alpha value is -1.57. The van der Waals surface area contributed by atoms with Crippen molar-refractivity contribution in [1.29, 1.82) is 0 Å². The van der Waals surface area contributed by atoms with Crippen LogP contribution in [-0.2, 0) is 4.79 Å². The maximum Gasteiger partial charge on any atom is 0.217 e. The lowest BCUT2D eigenvalue weighted by molar-refractivity contribution is -0.118. The van der Waals surface area contributed by atoms with Crippen LogP contribution in [-0.4, -0.2) is 5.91 Å². The summed E-state index contributed by atoms with van der Waals surface area (Å²) in [5.74, 6) is 0.343. The van der Waals surface area contributed by atoms with Gasteiger partial charge in [-0.2, -0.15) is 0 Å². The summed E-state index contributed by atoms with van der Waals surface area (Å²) >= 11 is 0. The highest BCUT2D eigenvalue weighted by atomic mass is 16.1. The smallest absolute Gasteiger partial charge is 0.217 e. The first-order valence-corrected chi connectivity index (χ1v) is 8.69. The molecule has 0 spiro atoms. The largest absolute Gasteiger partial charge is 0.370 e. The van der Waals surface area contributed by atoms with Crippen LogP contribution in [0.4, 0.5) is 0 Å². The molecule has 122 valence electrons. The molecule has 0 heterocycles. The number of unbranched alkanes of at least 4 members (excludes halogenated alkanes) is 4. The van der Waals surface area contributed by atoms with E-state index in [0.717, 1.165) is 25.7 Å². The van der Waals surface area contributed by atoms with Gasteiger partial charge in [0.15, 0.2) is 0 Å². The van der Waals surface area contributed by atoms with Gasteiger partial charge in [0.25, 0.3) is 0 Å². The number of hydrogen-bond acceptors (Lipinski definition) is 1. The molecule has 1 amide bonds. The van der Waals surface area contributed by atoms with Crippen molar-refractivity contribution < 1.29 is 4.79 Å². The second kappa shape index (κ2) is 12.0. The maximum absolute atomic E-state index is 10.6. The van der Waals surface area contributed by atoms with E-state index in [1.807, 2.05) is 0 Å². The molecule has 1 aliphatic rings. The molecule has 0 aromatic carbocycles. The van der Waals surface area contributed by atoms with Gasteiger partial charge in [-0.25, -0.2) is 0 Å². The molecule has 0 aromatic heterocycles. The van der Waals surface area contributed by atoms with Gasteiger partial charge in [0.1, 0.15) is 0 Å². The lowest BCUT2D eigenvalue weighted by atomic mass is 9.98. The van der Waals surface area contributed by atoms with Gasteiger partial charge in [-0.05, 0) is 38.5 Å².